The number of likely N-dealkylation sites (N-methyl/N-ethyl adjacent to an activating group) is 2. The first kappa shape index (κ1) is 12.1. The molecule has 5 nitrogen and oxygen atoms in total. The molecule has 1 unspecified atom stereocenters. The van der Waals surface area contributed by atoms with Crippen LogP contribution in [-0.4, -0.2) is 61.1 Å². The highest BCUT2D eigenvalue weighted by atomic mass is 15.3. The van der Waals surface area contributed by atoms with Gasteiger partial charge < -0.3 is 16.0 Å². The molecular formula is C12H21N5. The van der Waals surface area contributed by atoms with Crippen molar-refractivity contribution in [3.05, 3.63) is 18.3 Å². The quantitative estimate of drug-likeness (QED) is 0.790. The molecule has 3 N–H and O–H groups in total. The Balaban J connectivity index is 1.88. The van der Waals surface area contributed by atoms with E-state index in [-0.39, 0.29) is 0 Å². The Bertz CT molecular complexity index is 368. The van der Waals surface area contributed by atoms with Gasteiger partial charge in [0.05, 0.1) is 0 Å². The highest BCUT2D eigenvalue weighted by Gasteiger charge is 2.21. The van der Waals surface area contributed by atoms with E-state index in [2.05, 4.69) is 34.2 Å². The van der Waals surface area contributed by atoms with Gasteiger partial charge in [-0.3, -0.25) is 4.90 Å². The molecule has 1 aliphatic rings. The Morgan fingerprint density at radius 2 is 2.29 bits per heavy atom. The van der Waals surface area contributed by atoms with Gasteiger partial charge >= 0.3 is 0 Å². The molecule has 5 heteroatoms. The van der Waals surface area contributed by atoms with E-state index in [0.717, 1.165) is 37.7 Å². The average molecular weight is 235 g/mol. The highest BCUT2D eigenvalue weighted by Crippen LogP contribution is 2.10. The van der Waals surface area contributed by atoms with Crippen molar-refractivity contribution >= 4 is 11.5 Å². The molecule has 1 aromatic heterocycles. The first-order chi connectivity index (χ1) is 8.15. The summed E-state index contributed by atoms with van der Waals surface area (Å²) in [5.74, 6) is 0.853. The molecule has 0 bridgehead atoms. The molecule has 2 heterocycles. The molecule has 0 spiro atoms. The standard InChI is InChI=1S/C12H21N5/c1-16-5-6-17(2)11(9-16)8-15-12-7-10(13)3-4-14-12/h3-4,7,11H,5-6,8-9H2,1-2H3,(H3,13,14,15). The summed E-state index contributed by atoms with van der Waals surface area (Å²) < 4.78 is 0. The SMILES string of the molecule is CN1CCN(C)C(CNc2cc(N)ccn2)C1. The normalized spacial score (nSPS) is 22.6. The second-order valence-corrected chi connectivity index (χ2v) is 4.75. The molecule has 1 aromatic rings. The fourth-order valence-electron chi connectivity index (χ4n) is 2.09. The lowest BCUT2D eigenvalue weighted by molar-refractivity contribution is 0.122. The summed E-state index contributed by atoms with van der Waals surface area (Å²) >= 11 is 0. The van der Waals surface area contributed by atoms with Gasteiger partial charge in [-0.05, 0) is 20.2 Å². The molecule has 1 atom stereocenters. The van der Waals surface area contributed by atoms with Crippen molar-refractivity contribution in [2.45, 2.75) is 6.04 Å². The maximum atomic E-state index is 5.72. The van der Waals surface area contributed by atoms with Crippen molar-refractivity contribution in [1.82, 2.24) is 14.8 Å². The maximum absolute atomic E-state index is 5.72. The second kappa shape index (κ2) is 5.33. The third-order valence-corrected chi connectivity index (χ3v) is 3.28. The van der Waals surface area contributed by atoms with Crippen LogP contribution in [0.1, 0.15) is 0 Å². The van der Waals surface area contributed by atoms with Crippen molar-refractivity contribution in [3.63, 3.8) is 0 Å². The van der Waals surface area contributed by atoms with Crippen LogP contribution in [-0.2, 0) is 0 Å². The van der Waals surface area contributed by atoms with Gasteiger partial charge in [0.2, 0.25) is 0 Å². The predicted molar refractivity (Wildman–Crippen MR) is 71.1 cm³/mol. The zero-order chi connectivity index (χ0) is 12.3. The highest BCUT2D eigenvalue weighted by molar-refractivity contribution is 5.48. The zero-order valence-corrected chi connectivity index (χ0v) is 10.6. The molecule has 1 saturated heterocycles. The lowest BCUT2D eigenvalue weighted by Crippen LogP contribution is -2.52. The number of piperazine rings is 1. The molecule has 2 rings (SSSR count). The van der Waals surface area contributed by atoms with Gasteiger partial charge in [0, 0.05) is 50.2 Å². The van der Waals surface area contributed by atoms with Crippen molar-refractivity contribution in [1.29, 1.82) is 0 Å². The molecule has 1 fully saturated rings. The van der Waals surface area contributed by atoms with Gasteiger partial charge in [-0.15, -0.1) is 0 Å². The van der Waals surface area contributed by atoms with Crippen LogP contribution in [0.5, 0.6) is 0 Å². The molecule has 17 heavy (non-hydrogen) atoms. The summed E-state index contributed by atoms with van der Waals surface area (Å²) in [6.45, 7) is 4.25. The number of nitrogens with two attached hydrogens (primary N) is 1. The van der Waals surface area contributed by atoms with E-state index in [4.69, 9.17) is 5.73 Å². The predicted octanol–water partition coefficient (Wildman–Crippen LogP) is 0.322. The summed E-state index contributed by atoms with van der Waals surface area (Å²) in [7, 11) is 4.34. The topological polar surface area (TPSA) is 57.4 Å². The third-order valence-electron chi connectivity index (χ3n) is 3.28. The Kier molecular flexibility index (Phi) is 3.81. The van der Waals surface area contributed by atoms with E-state index in [1.807, 2.05) is 6.07 Å². The molecule has 0 amide bonds. The number of hydrogen-bond donors (Lipinski definition) is 2. The fraction of sp³-hybridized carbons (Fsp3) is 0.583. The summed E-state index contributed by atoms with van der Waals surface area (Å²) in [5, 5.41) is 3.35. The lowest BCUT2D eigenvalue weighted by atomic mass is 10.2. The molecular weight excluding hydrogens is 214 g/mol. The van der Waals surface area contributed by atoms with Gasteiger partial charge in [-0.1, -0.05) is 0 Å². The number of hydrogen-bond acceptors (Lipinski definition) is 5. The first-order valence-corrected chi connectivity index (χ1v) is 5.99. The number of pyridine rings is 1. The average Bonchev–Trinajstić information content (AvgIpc) is 2.30. The fourth-order valence-corrected chi connectivity index (χ4v) is 2.09. The number of anilines is 2. The van der Waals surface area contributed by atoms with Gasteiger partial charge in [0.1, 0.15) is 5.82 Å². The number of rotatable bonds is 3. The van der Waals surface area contributed by atoms with E-state index in [1.54, 1.807) is 12.3 Å². The lowest BCUT2D eigenvalue weighted by Gasteiger charge is -2.37. The van der Waals surface area contributed by atoms with Crippen LogP contribution < -0.4 is 11.1 Å². The summed E-state index contributed by atoms with van der Waals surface area (Å²) in [5.41, 5.74) is 6.46. The Hall–Kier alpha value is -1.33. The van der Waals surface area contributed by atoms with E-state index < -0.39 is 0 Å². The number of nitrogen functional groups attached to an aromatic ring is 1. The smallest absolute Gasteiger partial charge is 0.127 e. The van der Waals surface area contributed by atoms with E-state index in [1.165, 1.54) is 0 Å². The van der Waals surface area contributed by atoms with Crippen molar-refractivity contribution < 1.29 is 0 Å². The Morgan fingerprint density at radius 3 is 3.06 bits per heavy atom. The number of aromatic nitrogens is 1. The molecule has 0 aromatic carbocycles. The van der Waals surface area contributed by atoms with Crippen LogP contribution in [0, 0.1) is 0 Å². The summed E-state index contributed by atoms with van der Waals surface area (Å²) in [6, 6.07) is 4.19. The van der Waals surface area contributed by atoms with Crippen LogP contribution in [0.25, 0.3) is 0 Å². The summed E-state index contributed by atoms with van der Waals surface area (Å²) in [4.78, 5) is 8.99. The van der Waals surface area contributed by atoms with E-state index >= 15 is 0 Å². The van der Waals surface area contributed by atoms with E-state index in [0.29, 0.717) is 6.04 Å². The first-order valence-electron chi connectivity index (χ1n) is 5.99. The second-order valence-electron chi connectivity index (χ2n) is 4.75. The zero-order valence-electron chi connectivity index (χ0n) is 10.6. The third kappa shape index (κ3) is 3.31. The minimum absolute atomic E-state index is 0.525. The van der Waals surface area contributed by atoms with Gasteiger partial charge in [0.15, 0.2) is 0 Å². The number of nitrogens with zero attached hydrogens (tertiary/aromatic N) is 3. The monoisotopic (exact) mass is 235 g/mol. The van der Waals surface area contributed by atoms with Crippen LogP contribution in [0.4, 0.5) is 11.5 Å². The van der Waals surface area contributed by atoms with Gasteiger partial charge in [-0.25, -0.2) is 4.98 Å². The van der Waals surface area contributed by atoms with Crippen LogP contribution in [0.3, 0.4) is 0 Å². The van der Waals surface area contributed by atoms with Crippen LogP contribution in [0.2, 0.25) is 0 Å². The number of nitrogens with one attached hydrogen (secondary N) is 1. The Labute approximate surface area is 103 Å². The van der Waals surface area contributed by atoms with Gasteiger partial charge in [0.25, 0.3) is 0 Å². The molecule has 0 radical (unpaired) electrons. The van der Waals surface area contributed by atoms with Gasteiger partial charge in [-0.2, -0.15) is 0 Å². The maximum Gasteiger partial charge on any atom is 0.127 e. The van der Waals surface area contributed by atoms with Crippen molar-refractivity contribution in [2.24, 2.45) is 0 Å². The molecule has 1 aliphatic heterocycles. The van der Waals surface area contributed by atoms with Crippen molar-refractivity contribution in [3.8, 4) is 0 Å². The minimum Gasteiger partial charge on any atom is -0.399 e. The molecule has 94 valence electrons. The minimum atomic E-state index is 0.525. The Morgan fingerprint density at radius 1 is 1.47 bits per heavy atom. The van der Waals surface area contributed by atoms with E-state index in [9.17, 15) is 0 Å². The van der Waals surface area contributed by atoms with Crippen molar-refractivity contribution in [2.75, 3.05) is 51.3 Å². The molecule has 0 aliphatic carbocycles. The largest absolute Gasteiger partial charge is 0.399 e. The van der Waals surface area contributed by atoms with Crippen LogP contribution in [0.15, 0.2) is 18.3 Å². The van der Waals surface area contributed by atoms with Crippen LogP contribution >= 0.6 is 0 Å². The molecule has 0 saturated carbocycles. The summed E-state index contributed by atoms with van der Waals surface area (Å²) in [6.07, 6.45) is 1.73.